The van der Waals surface area contributed by atoms with Crippen molar-refractivity contribution in [2.24, 2.45) is 5.10 Å². The summed E-state index contributed by atoms with van der Waals surface area (Å²) < 4.78 is 0. The highest BCUT2D eigenvalue weighted by Crippen LogP contribution is 2.15. The van der Waals surface area contributed by atoms with Crippen LogP contribution in [0.4, 0.5) is 0 Å². The van der Waals surface area contributed by atoms with Crippen LogP contribution >= 0.6 is 0 Å². The molecule has 0 fully saturated rings. The number of aryl methyl sites for hydroxylation is 1. The Morgan fingerprint density at radius 3 is 2.67 bits per heavy atom. The highest BCUT2D eigenvalue weighted by Gasteiger charge is 1.97. The van der Waals surface area contributed by atoms with E-state index >= 15 is 0 Å². The molecule has 0 saturated carbocycles. The molecule has 0 saturated heterocycles. The molecule has 0 bridgehead atoms. The fourth-order valence-electron chi connectivity index (χ4n) is 1.61. The van der Waals surface area contributed by atoms with Gasteiger partial charge in [-0.05, 0) is 30.2 Å². The Hall–Kier alpha value is -2.29. The lowest BCUT2D eigenvalue weighted by atomic mass is 10.1. The molecule has 0 atom stereocenters. The van der Waals surface area contributed by atoms with Crippen LogP contribution in [0.1, 0.15) is 16.7 Å². The number of hydrazone groups is 1. The largest absolute Gasteiger partial charge is 0.507 e. The van der Waals surface area contributed by atoms with Crippen molar-refractivity contribution in [3.8, 4) is 5.75 Å². The number of benzene rings is 2. The van der Waals surface area contributed by atoms with Crippen LogP contribution in [0.2, 0.25) is 0 Å². The van der Waals surface area contributed by atoms with Gasteiger partial charge in [0.25, 0.3) is 0 Å². The normalized spacial score (nSPS) is 10.7. The van der Waals surface area contributed by atoms with E-state index in [9.17, 15) is 5.11 Å². The van der Waals surface area contributed by atoms with E-state index in [4.69, 9.17) is 0 Å². The first-order chi connectivity index (χ1) is 8.75. The first kappa shape index (κ1) is 12.2. The van der Waals surface area contributed by atoms with Gasteiger partial charge in [-0.2, -0.15) is 5.10 Å². The summed E-state index contributed by atoms with van der Waals surface area (Å²) in [6.07, 6.45) is 1.62. The molecule has 0 spiro atoms. The number of phenols is 1. The van der Waals surface area contributed by atoms with Crippen molar-refractivity contribution >= 4 is 6.21 Å². The average Bonchev–Trinajstić information content (AvgIpc) is 2.38. The van der Waals surface area contributed by atoms with E-state index in [2.05, 4.69) is 10.5 Å². The van der Waals surface area contributed by atoms with E-state index in [1.807, 2.05) is 49.4 Å². The van der Waals surface area contributed by atoms with Crippen LogP contribution in [-0.4, -0.2) is 11.3 Å². The number of aromatic hydroxyl groups is 1. The summed E-state index contributed by atoms with van der Waals surface area (Å²) in [7, 11) is 0. The number of nitrogens with zero attached hydrogens (tertiary/aromatic N) is 1. The zero-order valence-corrected chi connectivity index (χ0v) is 10.3. The van der Waals surface area contributed by atoms with E-state index in [-0.39, 0.29) is 5.75 Å². The van der Waals surface area contributed by atoms with Gasteiger partial charge < -0.3 is 10.5 Å². The van der Waals surface area contributed by atoms with Gasteiger partial charge >= 0.3 is 0 Å². The van der Waals surface area contributed by atoms with Gasteiger partial charge in [0.1, 0.15) is 5.75 Å². The molecule has 0 aliphatic heterocycles. The molecule has 0 heterocycles. The molecule has 92 valence electrons. The van der Waals surface area contributed by atoms with E-state index in [0.717, 1.165) is 5.56 Å². The van der Waals surface area contributed by atoms with E-state index in [0.29, 0.717) is 12.1 Å². The topological polar surface area (TPSA) is 44.6 Å². The number of hydrogen-bond donors (Lipinski definition) is 2. The van der Waals surface area contributed by atoms with Crippen molar-refractivity contribution in [2.45, 2.75) is 13.5 Å². The fraction of sp³-hybridized carbons (Fsp3) is 0.133. The molecule has 0 unspecified atom stereocenters. The highest BCUT2D eigenvalue weighted by molar-refractivity contribution is 5.83. The second-order valence-corrected chi connectivity index (χ2v) is 4.14. The van der Waals surface area contributed by atoms with Crippen LogP contribution in [0.5, 0.6) is 5.75 Å². The van der Waals surface area contributed by atoms with Crippen molar-refractivity contribution in [2.75, 3.05) is 0 Å². The molecule has 0 aliphatic rings. The summed E-state index contributed by atoms with van der Waals surface area (Å²) in [5.74, 6) is 0.250. The first-order valence-electron chi connectivity index (χ1n) is 5.85. The third kappa shape index (κ3) is 3.35. The van der Waals surface area contributed by atoms with Crippen LogP contribution in [-0.2, 0) is 6.54 Å². The Balaban J connectivity index is 1.92. The molecule has 2 N–H and O–H groups in total. The summed E-state index contributed by atoms with van der Waals surface area (Å²) in [4.78, 5) is 0. The quantitative estimate of drug-likeness (QED) is 0.637. The molecule has 2 aromatic rings. The summed E-state index contributed by atoms with van der Waals surface area (Å²) in [6, 6.07) is 15.5. The minimum absolute atomic E-state index is 0.250. The lowest BCUT2D eigenvalue weighted by Gasteiger charge is -2.01. The van der Waals surface area contributed by atoms with E-state index in [1.54, 1.807) is 12.3 Å². The lowest BCUT2D eigenvalue weighted by molar-refractivity contribution is 0.474. The smallest absolute Gasteiger partial charge is 0.124 e. The van der Waals surface area contributed by atoms with Gasteiger partial charge in [0.05, 0.1) is 12.8 Å². The Labute approximate surface area is 107 Å². The van der Waals surface area contributed by atoms with Crippen molar-refractivity contribution in [1.82, 2.24) is 5.43 Å². The molecule has 0 radical (unpaired) electrons. The molecular weight excluding hydrogens is 224 g/mol. The summed E-state index contributed by atoms with van der Waals surface area (Å²) in [5, 5.41) is 13.8. The third-order valence-corrected chi connectivity index (χ3v) is 2.61. The summed E-state index contributed by atoms with van der Waals surface area (Å²) >= 11 is 0. The standard InChI is InChI=1S/C15H16N2O/c1-12-7-8-14(15(18)9-12)11-17-16-10-13-5-3-2-4-6-13/h2-9,11,16,18H,10H2,1H3/b17-11+. The zero-order valence-electron chi connectivity index (χ0n) is 10.3. The van der Waals surface area contributed by atoms with Crippen LogP contribution < -0.4 is 5.43 Å². The summed E-state index contributed by atoms with van der Waals surface area (Å²) in [6.45, 7) is 2.61. The second kappa shape index (κ2) is 5.87. The van der Waals surface area contributed by atoms with E-state index < -0.39 is 0 Å². The highest BCUT2D eigenvalue weighted by atomic mass is 16.3. The van der Waals surface area contributed by atoms with Crippen LogP contribution in [0.15, 0.2) is 53.6 Å². The lowest BCUT2D eigenvalue weighted by Crippen LogP contribution is -2.05. The van der Waals surface area contributed by atoms with Gasteiger partial charge in [-0.25, -0.2) is 0 Å². The van der Waals surface area contributed by atoms with Crippen LogP contribution in [0.25, 0.3) is 0 Å². The first-order valence-corrected chi connectivity index (χ1v) is 5.85. The maximum Gasteiger partial charge on any atom is 0.124 e. The number of hydrogen-bond acceptors (Lipinski definition) is 3. The maximum atomic E-state index is 9.69. The summed E-state index contributed by atoms with van der Waals surface area (Å²) in [5.41, 5.74) is 5.86. The Bertz CT molecular complexity index is 535. The maximum absolute atomic E-state index is 9.69. The SMILES string of the molecule is Cc1ccc(/C=N/NCc2ccccc2)c(O)c1. The minimum Gasteiger partial charge on any atom is -0.507 e. The van der Waals surface area contributed by atoms with Gasteiger partial charge in [-0.1, -0.05) is 36.4 Å². The van der Waals surface area contributed by atoms with Crippen molar-refractivity contribution < 1.29 is 5.11 Å². The van der Waals surface area contributed by atoms with Gasteiger partial charge in [-0.15, -0.1) is 0 Å². The van der Waals surface area contributed by atoms with Crippen molar-refractivity contribution in [3.05, 3.63) is 65.2 Å². The van der Waals surface area contributed by atoms with Gasteiger partial charge in [0.2, 0.25) is 0 Å². The van der Waals surface area contributed by atoms with Gasteiger partial charge in [0.15, 0.2) is 0 Å². The van der Waals surface area contributed by atoms with Crippen LogP contribution in [0, 0.1) is 6.92 Å². The Kier molecular flexibility index (Phi) is 3.97. The van der Waals surface area contributed by atoms with Crippen LogP contribution in [0.3, 0.4) is 0 Å². The van der Waals surface area contributed by atoms with Gasteiger partial charge in [0, 0.05) is 5.56 Å². The third-order valence-electron chi connectivity index (χ3n) is 2.61. The Morgan fingerprint density at radius 2 is 1.94 bits per heavy atom. The molecule has 18 heavy (non-hydrogen) atoms. The molecule has 3 nitrogen and oxygen atoms in total. The average molecular weight is 240 g/mol. The van der Waals surface area contributed by atoms with Gasteiger partial charge in [-0.3, -0.25) is 0 Å². The second-order valence-electron chi connectivity index (χ2n) is 4.14. The van der Waals surface area contributed by atoms with E-state index in [1.165, 1.54) is 5.56 Å². The minimum atomic E-state index is 0.250. The molecule has 2 aromatic carbocycles. The zero-order chi connectivity index (χ0) is 12.8. The monoisotopic (exact) mass is 240 g/mol. The number of nitrogens with one attached hydrogen (secondary N) is 1. The van der Waals surface area contributed by atoms with Crippen molar-refractivity contribution in [1.29, 1.82) is 0 Å². The van der Waals surface area contributed by atoms with Crippen molar-refractivity contribution in [3.63, 3.8) is 0 Å². The Morgan fingerprint density at radius 1 is 1.17 bits per heavy atom. The molecule has 0 aromatic heterocycles. The molecule has 0 amide bonds. The fourth-order valence-corrected chi connectivity index (χ4v) is 1.61. The molecule has 3 heteroatoms. The molecular formula is C15H16N2O. The predicted molar refractivity (Wildman–Crippen MR) is 73.7 cm³/mol. The molecule has 2 rings (SSSR count). The number of phenolic OH excluding ortho intramolecular Hbond substituents is 1. The number of rotatable bonds is 4. The predicted octanol–water partition coefficient (Wildman–Crippen LogP) is 2.82. The molecule has 0 aliphatic carbocycles.